The van der Waals surface area contributed by atoms with Gasteiger partial charge in [0.1, 0.15) is 11.9 Å². The van der Waals surface area contributed by atoms with Crippen LogP contribution in [0.2, 0.25) is 5.02 Å². The van der Waals surface area contributed by atoms with Gasteiger partial charge in [-0.05, 0) is 23.8 Å². The third kappa shape index (κ3) is 3.13. The van der Waals surface area contributed by atoms with Crippen LogP contribution in [0.15, 0.2) is 48.5 Å². The Hall–Kier alpha value is -1.91. The van der Waals surface area contributed by atoms with Gasteiger partial charge >= 0.3 is 0 Å². The van der Waals surface area contributed by atoms with Gasteiger partial charge in [0.15, 0.2) is 0 Å². The van der Waals surface area contributed by atoms with Crippen molar-refractivity contribution in [3.8, 4) is 0 Å². The number of nitrogens with zero attached hydrogens (tertiary/aromatic N) is 1. The predicted octanol–water partition coefficient (Wildman–Crippen LogP) is 3.69. The van der Waals surface area contributed by atoms with E-state index in [9.17, 15) is 9.18 Å². The second kappa shape index (κ2) is 6.46. The van der Waals surface area contributed by atoms with E-state index in [4.69, 9.17) is 16.3 Å². The summed E-state index contributed by atoms with van der Waals surface area (Å²) in [4.78, 5) is 14.1. The lowest BCUT2D eigenvalue weighted by Crippen LogP contribution is -2.42. The molecule has 22 heavy (non-hydrogen) atoms. The zero-order valence-corrected chi connectivity index (χ0v) is 12.6. The molecule has 1 saturated heterocycles. The first kappa shape index (κ1) is 15.0. The van der Waals surface area contributed by atoms with Crippen LogP contribution < -0.4 is 0 Å². The summed E-state index contributed by atoms with van der Waals surface area (Å²) >= 11 is 5.73. The first-order valence-electron chi connectivity index (χ1n) is 7.06. The first-order valence-corrected chi connectivity index (χ1v) is 7.44. The molecule has 0 bridgehead atoms. The van der Waals surface area contributed by atoms with Crippen molar-refractivity contribution in [2.75, 3.05) is 19.7 Å². The molecule has 0 N–H and O–H groups in total. The van der Waals surface area contributed by atoms with Crippen LogP contribution in [0.5, 0.6) is 0 Å². The molecule has 1 unspecified atom stereocenters. The van der Waals surface area contributed by atoms with Crippen LogP contribution in [0.4, 0.5) is 4.39 Å². The van der Waals surface area contributed by atoms with Gasteiger partial charge in [0.05, 0.1) is 18.7 Å². The van der Waals surface area contributed by atoms with Gasteiger partial charge < -0.3 is 9.64 Å². The molecular formula is C17H15ClFNO2. The average molecular weight is 320 g/mol. The molecule has 2 aromatic carbocycles. The minimum Gasteiger partial charge on any atom is -0.370 e. The summed E-state index contributed by atoms with van der Waals surface area (Å²) in [5, 5.41) is 0.276. The first-order chi connectivity index (χ1) is 10.6. The molecule has 3 nitrogen and oxygen atoms in total. The highest BCUT2D eigenvalue weighted by atomic mass is 35.5. The summed E-state index contributed by atoms with van der Waals surface area (Å²) in [6.07, 6.45) is -0.186. The van der Waals surface area contributed by atoms with Gasteiger partial charge in [-0.2, -0.15) is 0 Å². The van der Waals surface area contributed by atoms with E-state index in [1.54, 1.807) is 4.90 Å². The number of carbonyl (C=O) groups is 1. The van der Waals surface area contributed by atoms with Crippen LogP contribution in [-0.4, -0.2) is 30.5 Å². The summed E-state index contributed by atoms with van der Waals surface area (Å²) in [6, 6.07) is 13.8. The number of hydrogen-bond donors (Lipinski definition) is 0. The largest absolute Gasteiger partial charge is 0.370 e. The highest BCUT2D eigenvalue weighted by Crippen LogP contribution is 2.24. The maximum atomic E-state index is 13.9. The molecular weight excluding hydrogens is 305 g/mol. The SMILES string of the molecule is O=C(c1ccc(Cl)cc1F)N1CCOC(c2ccccc2)C1. The van der Waals surface area contributed by atoms with Crippen molar-refractivity contribution in [3.63, 3.8) is 0 Å². The molecule has 1 aliphatic rings. The fourth-order valence-electron chi connectivity index (χ4n) is 2.54. The number of rotatable bonds is 2. The standard InChI is InChI=1S/C17H15ClFNO2/c18-13-6-7-14(15(19)10-13)17(21)20-8-9-22-16(11-20)12-4-2-1-3-5-12/h1-7,10,16H,8-9,11H2. The Morgan fingerprint density at radius 1 is 1.23 bits per heavy atom. The smallest absolute Gasteiger partial charge is 0.257 e. The zero-order chi connectivity index (χ0) is 15.5. The van der Waals surface area contributed by atoms with Gasteiger partial charge in [-0.1, -0.05) is 41.9 Å². The lowest BCUT2D eigenvalue weighted by atomic mass is 10.1. The third-order valence-electron chi connectivity index (χ3n) is 3.69. The Morgan fingerprint density at radius 3 is 2.73 bits per heavy atom. The number of ether oxygens (including phenoxy) is 1. The zero-order valence-electron chi connectivity index (χ0n) is 11.8. The fourth-order valence-corrected chi connectivity index (χ4v) is 2.70. The van der Waals surface area contributed by atoms with Crippen LogP contribution >= 0.6 is 11.6 Å². The molecule has 1 amide bonds. The fraction of sp³-hybridized carbons (Fsp3) is 0.235. The van der Waals surface area contributed by atoms with E-state index in [2.05, 4.69) is 0 Å². The molecule has 1 atom stereocenters. The number of benzene rings is 2. The average Bonchev–Trinajstić information content (AvgIpc) is 2.55. The van der Waals surface area contributed by atoms with Crippen molar-refractivity contribution in [1.82, 2.24) is 4.90 Å². The van der Waals surface area contributed by atoms with Crippen LogP contribution in [0.1, 0.15) is 22.0 Å². The van der Waals surface area contributed by atoms with Crippen molar-refractivity contribution in [2.24, 2.45) is 0 Å². The number of morpholine rings is 1. The summed E-state index contributed by atoms with van der Waals surface area (Å²) in [7, 11) is 0. The second-order valence-electron chi connectivity index (χ2n) is 5.15. The van der Waals surface area contributed by atoms with Gasteiger partial charge in [0, 0.05) is 11.6 Å². The Morgan fingerprint density at radius 2 is 2.00 bits per heavy atom. The third-order valence-corrected chi connectivity index (χ3v) is 3.92. The summed E-state index contributed by atoms with van der Waals surface area (Å²) in [5.41, 5.74) is 1.05. The Labute approximate surface area is 133 Å². The quantitative estimate of drug-likeness (QED) is 0.845. The van der Waals surface area contributed by atoms with Crippen molar-refractivity contribution < 1.29 is 13.9 Å². The molecule has 2 aromatic rings. The Balaban J connectivity index is 1.78. The van der Waals surface area contributed by atoms with Crippen molar-refractivity contribution in [2.45, 2.75) is 6.10 Å². The molecule has 1 aliphatic heterocycles. The van der Waals surface area contributed by atoms with Crippen molar-refractivity contribution >= 4 is 17.5 Å². The summed E-state index contributed by atoms with van der Waals surface area (Å²) < 4.78 is 19.6. The second-order valence-corrected chi connectivity index (χ2v) is 5.58. The van der Waals surface area contributed by atoms with Crippen molar-refractivity contribution in [3.05, 3.63) is 70.5 Å². The van der Waals surface area contributed by atoms with Crippen LogP contribution in [0, 0.1) is 5.82 Å². The molecule has 3 rings (SSSR count). The molecule has 5 heteroatoms. The molecule has 0 saturated carbocycles. The Kier molecular flexibility index (Phi) is 4.41. The minimum absolute atomic E-state index is 0.0399. The monoisotopic (exact) mass is 319 g/mol. The lowest BCUT2D eigenvalue weighted by Gasteiger charge is -2.33. The Bertz CT molecular complexity index is 678. The highest BCUT2D eigenvalue weighted by Gasteiger charge is 2.27. The number of hydrogen-bond acceptors (Lipinski definition) is 2. The van der Waals surface area contributed by atoms with Crippen LogP contribution in [0.3, 0.4) is 0 Å². The summed E-state index contributed by atoms with van der Waals surface area (Å²) in [5.74, 6) is -0.932. The van der Waals surface area contributed by atoms with Gasteiger partial charge in [-0.3, -0.25) is 4.79 Å². The maximum Gasteiger partial charge on any atom is 0.257 e. The topological polar surface area (TPSA) is 29.5 Å². The summed E-state index contributed by atoms with van der Waals surface area (Å²) in [6.45, 7) is 1.29. The molecule has 1 heterocycles. The van der Waals surface area contributed by atoms with E-state index >= 15 is 0 Å². The molecule has 0 aliphatic carbocycles. The predicted molar refractivity (Wildman–Crippen MR) is 82.4 cm³/mol. The minimum atomic E-state index is -0.597. The van der Waals surface area contributed by atoms with E-state index in [-0.39, 0.29) is 22.6 Å². The van der Waals surface area contributed by atoms with Gasteiger partial charge in [-0.15, -0.1) is 0 Å². The van der Waals surface area contributed by atoms with E-state index in [0.29, 0.717) is 19.7 Å². The molecule has 0 radical (unpaired) electrons. The van der Waals surface area contributed by atoms with Crippen LogP contribution in [0.25, 0.3) is 0 Å². The maximum absolute atomic E-state index is 13.9. The highest BCUT2D eigenvalue weighted by molar-refractivity contribution is 6.30. The van der Waals surface area contributed by atoms with Gasteiger partial charge in [-0.25, -0.2) is 4.39 Å². The van der Waals surface area contributed by atoms with E-state index < -0.39 is 5.82 Å². The van der Waals surface area contributed by atoms with Gasteiger partial charge in [0.2, 0.25) is 0 Å². The number of carbonyl (C=O) groups excluding carboxylic acids is 1. The van der Waals surface area contributed by atoms with Crippen LogP contribution in [-0.2, 0) is 4.74 Å². The molecule has 0 spiro atoms. The number of amides is 1. The van der Waals surface area contributed by atoms with Gasteiger partial charge in [0.25, 0.3) is 5.91 Å². The molecule has 114 valence electrons. The normalized spacial score (nSPS) is 18.3. The molecule has 1 fully saturated rings. The lowest BCUT2D eigenvalue weighted by molar-refractivity contribution is -0.0229. The molecule has 0 aromatic heterocycles. The van der Waals surface area contributed by atoms with E-state index in [1.807, 2.05) is 30.3 Å². The van der Waals surface area contributed by atoms with E-state index in [0.717, 1.165) is 11.6 Å². The number of halogens is 2. The van der Waals surface area contributed by atoms with E-state index in [1.165, 1.54) is 12.1 Å². The van der Waals surface area contributed by atoms with Crippen molar-refractivity contribution in [1.29, 1.82) is 0 Å².